The molecule has 0 radical (unpaired) electrons. The van der Waals surface area contributed by atoms with Crippen LogP contribution in [-0.2, 0) is 0 Å². The van der Waals surface area contributed by atoms with Gasteiger partial charge in [-0.3, -0.25) is 4.79 Å². The summed E-state index contributed by atoms with van der Waals surface area (Å²) < 4.78 is 0. The van der Waals surface area contributed by atoms with Crippen molar-refractivity contribution in [2.24, 2.45) is 11.8 Å². The topological polar surface area (TPSA) is 56.7 Å². The van der Waals surface area contributed by atoms with E-state index in [1.165, 1.54) is 11.3 Å². The van der Waals surface area contributed by atoms with Gasteiger partial charge in [-0.1, -0.05) is 20.8 Å². The molecule has 23 heavy (non-hydrogen) atoms. The molecule has 1 amide bonds. The van der Waals surface area contributed by atoms with Crippen molar-refractivity contribution in [2.45, 2.75) is 33.6 Å². The fraction of sp³-hybridized carbons (Fsp3) is 0.765. The molecule has 1 saturated heterocycles. The Morgan fingerprint density at radius 3 is 2.61 bits per heavy atom. The number of aryl methyl sites for hydroxylation is 1. The van der Waals surface area contributed by atoms with Crippen molar-refractivity contribution < 1.29 is 9.90 Å². The second-order valence-corrected chi connectivity index (χ2v) is 7.92. The van der Waals surface area contributed by atoms with Gasteiger partial charge < -0.3 is 14.9 Å². The fourth-order valence-electron chi connectivity index (χ4n) is 3.05. The molecule has 6 heteroatoms. The second kappa shape index (κ2) is 7.73. The van der Waals surface area contributed by atoms with E-state index in [0.29, 0.717) is 18.4 Å². The Labute approximate surface area is 143 Å². The zero-order chi connectivity index (χ0) is 17.1. The first-order valence-electron chi connectivity index (χ1n) is 8.43. The molecule has 0 unspecified atom stereocenters. The van der Waals surface area contributed by atoms with Crippen LogP contribution in [0.4, 0.5) is 0 Å². The van der Waals surface area contributed by atoms with Gasteiger partial charge in [-0.25, -0.2) is 4.98 Å². The highest BCUT2D eigenvalue weighted by Gasteiger charge is 2.36. The summed E-state index contributed by atoms with van der Waals surface area (Å²) >= 11 is 1.52. The lowest BCUT2D eigenvalue weighted by molar-refractivity contribution is 0.0783. The minimum Gasteiger partial charge on any atom is -0.396 e. The van der Waals surface area contributed by atoms with Crippen LogP contribution in [0.25, 0.3) is 0 Å². The van der Waals surface area contributed by atoms with Gasteiger partial charge in [0.2, 0.25) is 0 Å². The number of carbonyl (C=O) groups excluding carboxylic acids is 1. The quantitative estimate of drug-likeness (QED) is 0.863. The molecule has 1 aliphatic rings. The maximum Gasteiger partial charge on any atom is 0.265 e. The number of aliphatic hydroxyl groups excluding tert-OH is 1. The number of likely N-dealkylation sites (tertiary alicyclic amines) is 1. The molecule has 2 atom stereocenters. The van der Waals surface area contributed by atoms with Gasteiger partial charge in [-0.15, -0.1) is 11.3 Å². The van der Waals surface area contributed by atoms with Crippen molar-refractivity contribution in [1.82, 2.24) is 14.8 Å². The highest BCUT2D eigenvalue weighted by atomic mass is 32.1. The Morgan fingerprint density at radius 1 is 1.43 bits per heavy atom. The number of rotatable bonds is 6. The van der Waals surface area contributed by atoms with E-state index < -0.39 is 0 Å². The molecule has 0 bridgehead atoms. The first-order valence-corrected chi connectivity index (χ1v) is 9.24. The fourth-order valence-corrected chi connectivity index (χ4v) is 4.09. The standard InChI is InChI=1S/C17H29N3O2S/c1-6-19(5)7-13-8-20(9-14(13)10-21)17(22)15-12(4)18-16(23-15)11(2)3/h11,13-14,21H,6-10H2,1-5H3/t13-,14-/m1/s1. The molecular formula is C17H29N3O2S. The van der Waals surface area contributed by atoms with Crippen LogP contribution < -0.4 is 0 Å². The van der Waals surface area contributed by atoms with E-state index in [-0.39, 0.29) is 18.4 Å². The van der Waals surface area contributed by atoms with E-state index in [0.717, 1.165) is 35.2 Å². The molecule has 1 aliphatic heterocycles. The highest BCUT2D eigenvalue weighted by Crippen LogP contribution is 2.30. The summed E-state index contributed by atoms with van der Waals surface area (Å²) in [5.41, 5.74) is 0.832. The molecule has 1 aromatic rings. The molecule has 2 heterocycles. The first kappa shape index (κ1) is 18.4. The largest absolute Gasteiger partial charge is 0.396 e. The third kappa shape index (κ3) is 4.11. The summed E-state index contributed by atoms with van der Waals surface area (Å²) in [6, 6.07) is 0. The van der Waals surface area contributed by atoms with Gasteiger partial charge in [-0.05, 0) is 26.4 Å². The number of hydrogen-bond acceptors (Lipinski definition) is 5. The summed E-state index contributed by atoms with van der Waals surface area (Å²) in [5, 5.41) is 10.7. The van der Waals surface area contributed by atoms with Crippen LogP contribution in [0.5, 0.6) is 0 Å². The Morgan fingerprint density at radius 2 is 2.09 bits per heavy atom. The van der Waals surface area contributed by atoms with Crippen molar-refractivity contribution in [3.8, 4) is 0 Å². The minimum atomic E-state index is 0.0759. The number of amides is 1. The molecule has 5 nitrogen and oxygen atoms in total. The molecule has 1 fully saturated rings. The van der Waals surface area contributed by atoms with E-state index in [1.54, 1.807) is 0 Å². The van der Waals surface area contributed by atoms with Crippen LogP contribution in [0.2, 0.25) is 0 Å². The monoisotopic (exact) mass is 339 g/mol. The SMILES string of the molecule is CCN(C)C[C@@H]1CN(C(=O)c2sc(C(C)C)nc2C)C[C@@H]1CO. The highest BCUT2D eigenvalue weighted by molar-refractivity contribution is 7.13. The molecule has 0 aliphatic carbocycles. The number of aromatic nitrogens is 1. The second-order valence-electron chi connectivity index (χ2n) is 6.89. The average molecular weight is 340 g/mol. The van der Waals surface area contributed by atoms with Gasteiger partial charge in [-0.2, -0.15) is 0 Å². The molecular weight excluding hydrogens is 310 g/mol. The number of nitrogens with zero attached hydrogens (tertiary/aromatic N) is 3. The van der Waals surface area contributed by atoms with Gasteiger partial charge in [0.15, 0.2) is 0 Å². The number of carbonyl (C=O) groups is 1. The summed E-state index contributed by atoms with van der Waals surface area (Å²) in [6.45, 7) is 11.7. The molecule has 1 N–H and O–H groups in total. The van der Waals surface area contributed by atoms with Crippen molar-refractivity contribution in [2.75, 3.05) is 39.8 Å². The van der Waals surface area contributed by atoms with Crippen molar-refractivity contribution in [3.05, 3.63) is 15.6 Å². The summed E-state index contributed by atoms with van der Waals surface area (Å²) in [4.78, 5) is 22.3. The third-order valence-electron chi connectivity index (χ3n) is 4.69. The van der Waals surface area contributed by atoms with Crippen LogP contribution in [0.15, 0.2) is 0 Å². The molecule has 1 aromatic heterocycles. The van der Waals surface area contributed by atoms with Crippen LogP contribution >= 0.6 is 11.3 Å². The summed E-state index contributed by atoms with van der Waals surface area (Å²) in [6.07, 6.45) is 0. The first-order chi connectivity index (χ1) is 10.9. The lowest BCUT2D eigenvalue weighted by Gasteiger charge is -2.22. The minimum absolute atomic E-state index is 0.0759. The average Bonchev–Trinajstić information content (AvgIpc) is 3.10. The maximum atomic E-state index is 12.9. The van der Waals surface area contributed by atoms with E-state index in [1.807, 2.05) is 11.8 Å². The van der Waals surface area contributed by atoms with Crippen LogP contribution in [0, 0.1) is 18.8 Å². The molecule has 0 spiro atoms. The van der Waals surface area contributed by atoms with Gasteiger partial charge in [0.25, 0.3) is 5.91 Å². The van der Waals surface area contributed by atoms with Crippen molar-refractivity contribution >= 4 is 17.2 Å². The predicted octanol–water partition coefficient (Wildman–Crippen LogP) is 2.21. The third-order valence-corrected chi connectivity index (χ3v) is 6.13. The van der Waals surface area contributed by atoms with Crippen molar-refractivity contribution in [1.29, 1.82) is 0 Å². The maximum absolute atomic E-state index is 12.9. The van der Waals surface area contributed by atoms with Crippen LogP contribution in [0.3, 0.4) is 0 Å². The molecule has 130 valence electrons. The number of aliphatic hydroxyl groups is 1. The molecule has 2 rings (SSSR count). The molecule has 0 saturated carbocycles. The Bertz CT molecular complexity index is 544. The smallest absolute Gasteiger partial charge is 0.265 e. The predicted molar refractivity (Wildman–Crippen MR) is 94.1 cm³/mol. The van der Waals surface area contributed by atoms with Gasteiger partial charge >= 0.3 is 0 Å². The normalized spacial score (nSPS) is 21.7. The van der Waals surface area contributed by atoms with Crippen molar-refractivity contribution in [3.63, 3.8) is 0 Å². The summed E-state index contributed by atoms with van der Waals surface area (Å²) in [7, 11) is 2.08. The van der Waals surface area contributed by atoms with E-state index in [4.69, 9.17) is 0 Å². The zero-order valence-corrected chi connectivity index (χ0v) is 15.7. The van der Waals surface area contributed by atoms with E-state index in [2.05, 4.69) is 37.7 Å². The Balaban J connectivity index is 2.11. The van der Waals surface area contributed by atoms with E-state index >= 15 is 0 Å². The van der Waals surface area contributed by atoms with Gasteiger partial charge in [0.05, 0.1) is 10.7 Å². The number of hydrogen-bond donors (Lipinski definition) is 1. The van der Waals surface area contributed by atoms with Crippen LogP contribution in [0.1, 0.15) is 47.1 Å². The lowest BCUT2D eigenvalue weighted by atomic mass is 9.96. The number of thiazole rings is 1. The van der Waals surface area contributed by atoms with Gasteiger partial charge in [0, 0.05) is 38.1 Å². The van der Waals surface area contributed by atoms with Gasteiger partial charge in [0.1, 0.15) is 4.88 Å². The van der Waals surface area contributed by atoms with E-state index in [9.17, 15) is 9.90 Å². The Kier molecular flexibility index (Phi) is 6.17. The Hall–Kier alpha value is -0.980. The molecule has 0 aromatic carbocycles. The summed E-state index contributed by atoms with van der Waals surface area (Å²) in [5.74, 6) is 0.930. The lowest BCUT2D eigenvalue weighted by Crippen LogP contribution is -2.32. The van der Waals surface area contributed by atoms with Crippen LogP contribution in [-0.4, -0.2) is 65.6 Å². The zero-order valence-electron chi connectivity index (χ0n) is 14.9.